The lowest BCUT2D eigenvalue weighted by atomic mass is 10.0. The lowest BCUT2D eigenvalue weighted by Gasteiger charge is -2.01. The highest BCUT2D eigenvalue weighted by atomic mass is 16.2. The van der Waals surface area contributed by atoms with Gasteiger partial charge >= 0.3 is 0 Å². The molecule has 116 valence electrons. The minimum absolute atomic E-state index is 0.403. The molecule has 0 aliphatic heterocycles. The summed E-state index contributed by atoms with van der Waals surface area (Å²) in [5.74, 6) is -0.969. The number of carbonyl (C=O) groups excluding carboxylic acids is 2. The molecule has 0 bridgehead atoms. The Hall–Kier alpha value is -3.26. The van der Waals surface area contributed by atoms with E-state index >= 15 is 0 Å². The monoisotopic (exact) mass is 312 g/mol. The predicted molar refractivity (Wildman–Crippen MR) is 96.9 cm³/mol. The van der Waals surface area contributed by atoms with Gasteiger partial charge in [-0.3, -0.25) is 9.59 Å². The van der Waals surface area contributed by atoms with Gasteiger partial charge in [0.25, 0.3) is 0 Å². The standard InChI is InChI=1S/C22H16O2/c23-21(19-9-5-2-6-10-19)22(24)20-15-13-18(14-16-20)12-11-17-7-3-1-4-8-17/h1-16H. The van der Waals surface area contributed by atoms with Gasteiger partial charge < -0.3 is 0 Å². The van der Waals surface area contributed by atoms with Crippen molar-refractivity contribution in [3.8, 4) is 0 Å². The van der Waals surface area contributed by atoms with E-state index in [0.29, 0.717) is 11.1 Å². The third kappa shape index (κ3) is 3.73. The highest BCUT2D eigenvalue weighted by Gasteiger charge is 2.17. The van der Waals surface area contributed by atoms with E-state index in [1.807, 2.05) is 60.7 Å². The van der Waals surface area contributed by atoms with Crippen LogP contribution in [0.25, 0.3) is 12.2 Å². The lowest BCUT2D eigenvalue weighted by molar-refractivity contribution is 0.0817. The Labute approximate surface area is 141 Å². The van der Waals surface area contributed by atoms with Crippen LogP contribution in [0.3, 0.4) is 0 Å². The van der Waals surface area contributed by atoms with Gasteiger partial charge in [-0.15, -0.1) is 0 Å². The van der Waals surface area contributed by atoms with Gasteiger partial charge in [-0.1, -0.05) is 97.1 Å². The molecule has 0 N–H and O–H groups in total. The number of rotatable bonds is 5. The minimum atomic E-state index is -0.486. The molecule has 0 saturated carbocycles. The van der Waals surface area contributed by atoms with Crippen molar-refractivity contribution in [3.63, 3.8) is 0 Å². The van der Waals surface area contributed by atoms with Crippen molar-refractivity contribution in [2.45, 2.75) is 0 Å². The molecule has 0 atom stereocenters. The van der Waals surface area contributed by atoms with E-state index < -0.39 is 11.6 Å². The molecule has 0 radical (unpaired) electrons. The van der Waals surface area contributed by atoms with E-state index in [1.54, 1.807) is 36.4 Å². The van der Waals surface area contributed by atoms with Crippen LogP contribution in [0.5, 0.6) is 0 Å². The smallest absolute Gasteiger partial charge is 0.233 e. The largest absolute Gasteiger partial charge is 0.285 e. The molecule has 0 aliphatic rings. The number of ketones is 2. The molecule has 2 heteroatoms. The van der Waals surface area contributed by atoms with Gasteiger partial charge in [-0.25, -0.2) is 0 Å². The zero-order chi connectivity index (χ0) is 16.8. The molecule has 3 rings (SSSR count). The molecule has 3 aromatic rings. The van der Waals surface area contributed by atoms with E-state index in [9.17, 15) is 9.59 Å². The normalized spacial score (nSPS) is 10.7. The maximum atomic E-state index is 12.3. The first-order valence-electron chi connectivity index (χ1n) is 7.71. The summed E-state index contributed by atoms with van der Waals surface area (Å²) >= 11 is 0. The van der Waals surface area contributed by atoms with Crippen molar-refractivity contribution < 1.29 is 9.59 Å². The molecule has 0 fully saturated rings. The van der Waals surface area contributed by atoms with Gasteiger partial charge in [0.2, 0.25) is 11.6 Å². The van der Waals surface area contributed by atoms with Crippen LogP contribution in [0, 0.1) is 0 Å². The zero-order valence-electron chi connectivity index (χ0n) is 13.1. The van der Waals surface area contributed by atoms with Crippen molar-refractivity contribution in [3.05, 3.63) is 107 Å². The fourth-order valence-electron chi connectivity index (χ4n) is 2.35. The average molecular weight is 312 g/mol. The molecule has 0 saturated heterocycles. The SMILES string of the molecule is O=C(C(=O)c1ccc(C=Cc2ccccc2)cc1)c1ccccc1. The average Bonchev–Trinajstić information content (AvgIpc) is 2.67. The Morgan fingerprint density at radius 2 is 0.917 bits per heavy atom. The summed E-state index contributed by atoms with van der Waals surface area (Å²) in [5, 5.41) is 0. The fourth-order valence-corrected chi connectivity index (χ4v) is 2.35. The molecule has 0 heterocycles. The summed E-state index contributed by atoms with van der Waals surface area (Å²) in [6.07, 6.45) is 3.98. The van der Waals surface area contributed by atoms with Crippen molar-refractivity contribution in [1.29, 1.82) is 0 Å². The maximum absolute atomic E-state index is 12.3. The molecule has 24 heavy (non-hydrogen) atoms. The van der Waals surface area contributed by atoms with E-state index in [0.717, 1.165) is 11.1 Å². The molecule has 0 amide bonds. The molecule has 3 aromatic carbocycles. The quantitative estimate of drug-likeness (QED) is 0.380. The first kappa shape index (κ1) is 15.6. The van der Waals surface area contributed by atoms with E-state index in [2.05, 4.69) is 0 Å². The third-order valence-electron chi connectivity index (χ3n) is 3.68. The first-order chi connectivity index (χ1) is 11.7. The Bertz CT molecular complexity index is 861. The first-order valence-corrected chi connectivity index (χ1v) is 7.71. The summed E-state index contributed by atoms with van der Waals surface area (Å²) in [4.78, 5) is 24.4. The number of hydrogen-bond donors (Lipinski definition) is 0. The van der Waals surface area contributed by atoms with Gasteiger partial charge in [-0.2, -0.15) is 0 Å². The van der Waals surface area contributed by atoms with E-state index in [-0.39, 0.29) is 0 Å². The summed E-state index contributed by atoms with van der Waals surface area (Å²) in [6, 6.07) is 25.6. The van der Waals surface area contributed by atoms with Crippen LogP contribution in [0.1, 0.15) is 31.8 Å². The third-order valence-corrected chi connectivity index (χ3v) is 3.68. The van der Waals surface area contributed by atoms with Crippen molar-refractivity contribution in [1.82, 2.24) is 0 Å². The van der Waals surface area contributed by atoms with Crippen molar-refractivity contribution in [2.24, 2.45) is 0 Å². The molecule has 0 aromatic heterocycles. The van der Waals surface area contributed by atoms with Gasteiger partial charge in [-0.05, 0) is 11.1 Å². The number of Topliss-reactive ketones (excluding diaryl/α,β-unsaturated/α-hetero) is 2. The maximum Gasteiger partial charge on any atom is 0.233 e. The van der Waals surface area contributed by atoms with Gasteiger partial charge in [0, 0.05) is 11.1 Å². The van der Waals surface area contributed by atoms with E-state index in [1.165, 1.54) is 0 Å². The zero-order valence-corrected chi connectivity index (χ0v) is 13.1. The van der Waals surface area contributed by atoms with Gasteiger partial charge in [0.15, 0.2) is 0 Å². The highest BCUT2D eigenvalue weighted by molar-refractivity contribution is 6.49. The summed E-state index contributed by atoms with van der Waals surface area (Å²) in [7, 11) is 0. The lowest BCUT2D eigenvalue weighted by Crippen LogP contribution is -2.14. The summed E-state index contributed by atoms with van der Waals surface area (Å²) in [5.41, 5.74) is 2.90. The second-order valence-corrected chi connectivity index (χ2v) is 5.39. The van der Waals surface area contributed by atoms with Crippen LogP contribution >= 0.6 is 0 Å². The van der Waals surface area contributed by atoms with Crippen molar-refractivity contribution in [2.75, 3.05) is 0 Å². The topological polar surface area (TPSA) is 34.1 Å². The number of carbonyl (C=O) groups is 2. The molecule has 0 unspecified atom stereocenters. The Balaban J connectivity index is 1.73. The van der Waals surface area contributed by atoms with Gasteiger partial charge in [0.05, 0.1) is 0 Å². The number of benzene rings is 3. The Kier molecular flexibility index (Phi) is 4.78. The van der Waals surface area contributed by atoms with Crippen LogP contribution in [0.15, 0.2) is 84.9 Å². The molecule has 0 aliphatic carbocycles. The van der Waals surface area contributed by atoms with Crippen LogP contribution in [0.4, 0.5) is 0 Å². The predicted octanol–water partition coefficient (Wildman–Crippen LogP) is 4.92. The van der Waals surface area contributed by atoms with Gasteiger partial charge in [0.1, 0.15) is 0 Å². The molecule has 0 spiro atoms. The molecular formula is C22H16O2. The minimum Gasteiger partial charge on any atom is -0.285 e. The van der Waals surface area contributed by atoms with E-state index in [4.69, 9.17) is 0 Å². The summed E-state index contributed by atoms with van der Waals surface area (Å²) < 4.78 is 0. The highest BCUT2D eigenvalue weighted by Crippen LogP contribution is 2.12. The van der Waals surface area contributed by atoms with Crippen LogP contribution in [0.2, 0.25) is 0 Å². The number of hydrogen-bond acceptors (Lipinski definition) is 2. The van der Waals surface area contributed by atoms with Crippen LogP contribution in [-0.2, 0) is 0 Å². The summed E-state index contributed by atoms with van der Waals surface area (Å²) in [6.45, 7) is 0. The van der Waals surface area contributed by atoms with Crippen LogP contribution in [-0.4, -0.2) is 11.6 Å². The fraction of sp³-hybridized carbons (Fsp3) is 0. The second-order valence-electron chi connectivity index (χ2n) is 5.39. The Morgan fingerprint density at radius 1 is 0.500 bits per heavy atom. The molecular weight excluding hydrogens is 296 g/mol. The second kappa shape index (κ2) is 7.34. The Morgan fingerprint density at radius 3 is 1.46 bits per heavy atom. The molecule has 2 nitrogen and oxygen atoms in total. The van der Waals surface area contributed by atoms with Crippen molar-refractivity contribution >= 4 is 23.7 Å². The van der Waals surface area contributed by atoms with Crippen LogP contribution < -0.4 is 0 Å².